The molecule has 0 atom stereocenters. The van der Waals surface area contributed by atoms with E-state index in [9.17, 15) is 4.79 Å². The molecule has 8 heteroatoms. The van der Waals surface area contributed by atoms with Gasteiger partial charge in [-0.2, -0.15) is 0 Å². The van der Waals surface area contributed by atoms with Gasteiger partial charge in [0.25, 0.3) is 5.91 Å². The third-order valence-electron chi connectivity index (χ3n) is 4.66. The van der Waals surface area contributed by atoms with E-state index in [1.165, 1.54) is 0 Å². The van der Waals surface area contributed by atoms with E-state index < -0.39 is 0 Å². The first-order valence-corrected chi connectivity index (χ1v) is 9.94. The highest BCUT2D eigenvalue weighted by atomic mass is 35.5. The van der Waals surface area contributed by atoms with Crippen LogP contribution in [-0.2, 0) is 13.0 Å². The van der Waals surface area contributed by atoms with Crippen LogP contribution in [0.25, 0.3) is 5.69 Å². The Morgan fingerprint density at radius 3 is 2.57 bits per heavy atom. The molecule has 6 nitrogen and oxygen atoms in total. The van der Waals surface area contributed by atoms with E-state index in [2.05, 4.69) is 15.1 Å². The van der Waals surface area contributed by atoms with Gasteiger partial charge >= 0.3 is 0 Å². The number of amides is 1. The number of hydrogen-bond donors (Lipinski definition) is 0. The molecule has 1 aliphatic carbocycles. The SMILES string of the molecule is CCc1nc(C(=O)N(Cc2cccnc2)C2CC2)nn1-c1c(Cl)cccc1Cl. The maximum atomic E-state index is 13.2. The number of nitrogens with zero attached hydrogens (tertiary/aromatic N) is 5. The number of benzene rings is 1. The number of aryl methyl sites for hydroxylation is 1. The first-order chi connectivity index (χ1) is 13.6. The summed E-state index contributed by atoms with van der Waals surface area (Å²) in [5.74, 6) is 0.599. The van der Waals surface area contributed by atoms with Gasteiger partial charge in [0.15, 0.2) is 0 Å². The number of aromatic nitrogens is 4. The van der Waals surface area contributed by atoms with Crippen molar-refractivity contribution >= 4 is 29.1 Å². The Labute approximate surface area is 173 Å². The molecule has 0 spiro atoms. The van der Waals surface area contributed by atoms with Crippen LogP contribution in [0.1, 0.15) is 41.8 Å². The smallest absolute Gasteiger partial charge is 0.294 e. The Hall–Kier alpha value is -2.44. The second kappa shape index (κ2) is 7.89. The van der Waals surface area contributed by atoms with Crippen molar-refractivity contribution in [1.29, 1.82) is 0 Å². The fourth-order valence-corrected chi connectivity index (χ4v) is 3.66. The zero-order valence-electron chi connectivity index (χ0n) is 15.3. The highest BCUT2D eigenvalue weighted by Gasteiger charge is 2.35. The van der Waals surface area contributed by atoms with Crippen molar-refractivity contribution in [2.24, 2.45) is 0 Å². The fraction of sp³-hybridized carbons (Fsp3) is 0.300. The maximum absolute atomic E-state index is 13.2. The number of hydrogen-bond acceptors (Lipinski definition) is 4. The normalized spacial score (nSPS) is 13.5. The van der Waals surface area contributed by atoms with Crippen molar-refractivity contribution in [1.82, 2.24) is 24.6 Å². The van der Waals surface area contributed by atoms with Crippen LogP contribution >= 0.6 is 23.2 Å². The van der Waals surface area contributed by atoms with Crippen LogP contribution < -0.4 is 0 Å². The predicted molar refractivity (Wildman–Crippen MR) is 108 cm³/mol. The molecule has 4 rings (SSSR count). The molecule has 1 saturated carbocycles. The van der Waals surface area contributed by atoms with Gasteiger partial charge in [-0.3, -0.25) is 9.78 Å². The van der Waals surface area contributed by atoms with Crippen LogP contribution in [0.4, 0.5) is 0 Å². The van der Waals surface area contributed by atoms with Crippen LogP contribution in [0.5, 0.6) is 0 Å². The number of para-hydroxylation sites is 1. The van der Waals surface area contributed by atoms with Gasteiger partial charge < -0.3 is 4.90 Å². The van der Waals surface area contributed by atoms with Crippen LogP contribution in [0.2, 0.25) is 10.0 Å². The van der Waals surface area contributed by atoms with Crippen molar-refractivity contribution in [2.45, 2.75) is 38.8 Å². The number of pyridine rings is 1. The summed E-state index contributed by atoms with van der Waals surface area (Å²) in [4.78, 5) is 23.7. The van der Waals surface area contributed by atoms with Gasteiger partial charge in [-0.1, -0.05) is 42.3 Å². The average Bonchev–Trinajstić information content (AvgIpc) is 3.45. The van der Waals surface area contributed by atoms with Crippen LogP contribution in [0.15, 0.2) is 42.7 Å². The Morgan fingerprint density at radius 2 is 1.96 bits per heavy atom. The molecule has 2 heterocycles. The lowest BCUT2D eigenvalue weighted by Crippen LogP contribution is -2.33. The molecule has 0 radical (unpaired) electrons. The van der Waals surface area contributed by atoms with Gasteiger partial charge in [0, 0.05) is 31.4 Å². The summed E-state index contributed by atoms with van der Waals surface area (Å²) in [7, 11) is 0. The monoisotopic (exact) mass is 415 g/mol. The molecular formula is C20H19Cl2N5O. The van der Waals surface area contributed by atoms with E-state index in [1.54, 1.807) is 35.3 Å². The summed E-state index contributed by atoms with van der Waals surface area (Å²) < 4.78 is 1.58. The predicted octanol–water partition coefficient (Wildman–Crippen LogP) is 4.34. The molecule has 0 unspecified atom stereocenters. The second-order valence-electron chi connectivity index (χ2n) is 6.71. The van der Waals surface area contributed by atoms with E-state index in [4.69, 9.17) is 23.2 Å². The van der Waals surface area contributed by atoms with E-state index in [0.29, 0.717) is 34.5 Å². The summed E-state index contributed by atoms with van der Waals surface area (Å²) in [6.45, 7) is 2.44. The lowest BCUT2D eigenvalue weighted by molar-refractivity contribution is 0.0717. The lowest BCUT2D eigenvalue weighted by atomic mass is 10.2. The van der Waals surface area contributed by atoms with E-state index in [-0.39, 0.29) is 17.8 Å². The van der Waals surface area contributed by atoms with Crippen molar-refractivity contribution in [3.8, 4) is 5.69 Å². The molecule has 1 amide bonds. The molecule has 0 saturated heterocycles. The van der Waals surface area contributed by atoms with Gasteiger partial charge in [-0.15, -0.1) is 5.10 Å². The quantitative estimate of drug-likeness (QED) is 0.600. The molecule has 28 heavy (non-hydrogen) atoms. The molecule has 1 aliphatic rings. The van der Waals surface area contributed by atoms with Gasteiger partial charge in [-0.25, -0.2) is 9.67 Å². The maximum Gasteiger partial charge on any atom is 0.294 e. The molecule has 3 aromatic rings. The Balaban J connectivity index is 1.68. The second-order valence-corrected chi connectivity index (χ2v) is 7.53. The van der Waals surface area contributed by atoms with Crippen LogP contribution in [-0.4, -0.2) is 36.6 Å². The minimum Gasteiger partial charge on any atom is -0.328 e. The van der Waals surface area contributed by atoms with Gasteiger partial charge in [0.05, 0.1) is 10.0 Å². The molecule has 144 valence electrons. The van der Waals surface area contributed by atoms with Gasteiger partial charge in [-0.05, 0) is 36.6 Å². The summed E-state index contributed by atoms with van der Waals surface area (Å²) in [6.07, 6.45) is 6.06. The minimum absolute atomic E-state index is 0.156. The number of rotatable bonds is 6. The molecule has 1 fully saturated rings. The van der Waals surface area contributed by atoms with Crippen LogP contribution in [0.3, 0.4) is 0 Å². The minimum atomic E-state index is -0.192. The lowest BCUT2D eigenvalue weighted by Gasteiger charge is -2.20. The third kappa shape index (κ3) is 3.75. The first kappa shape index (κ1) is 18.9. The van der Waals surface area contributed by atoms with Crippen molar-refractivity contribution < 1.29 is 4.79 Å². The van der Waals surface area contributed by atoms with Crippen molar-refractivity contribution in [3.63, 3.8) is 0 Å². The number of carbonyl (C=O) groups excluding carboxylic acids is 1. The van der Waals surface area contributed by atoms with E-state index in [0.717, 1.165) is 18.4 Å². The highest BCUT2D eigenvalue weighted by molar-refractivity contribution is 6.37. The topological polar surface area (TPSA) is 63.9 Å². The number of halogens is 2. The van der Waals surface area contributed by atoms with E-state index in [1.807, 2.05) is 24.0 Å². The van der Waals surface area contributed by atoms with Gasteiger partial charge in [0.1, 0.15) is 11.5 Å². The molecule has 0 N–H and O–H groups in total. The third-order valence-corrected chi connectivity index (χ3v) is 5.27. The highest BCUT2D eigenvalue weighted by Crippen LogP contribution is 2.31. The molecule has 0 bridgehead atoms. The Bertz CT molecular complexity index is 981. The Morgan fingerprint density at radius 1 is 1.21 bits per heavy atom. The summed E-state index contributed by atoms with van der Waals surface area (Å²) in [6, 6.07) is 9.29. The van der Waals surface area contributed by atoms with Crippen molar-refractivity contribution in [2.75, 3.05) is 0 Å². The van der Waals surface area contributed by atoms with Crippen molar-refractivity contribution in [3.05, 3.63) is 70.0 Å². The largest absolute Gasteiger partial charge is 0.328 e. The zero-order chi connectivity index (χ0) is 19.7. The number of carbonyl (C=O) groups is 1. The van der Waals surface area contributed by atoms with Gasteiger partial charge in [0.2, 0.25) is 5.82 Å². The fourth-order valence-electron chi connectivity index (χ4n) is 3.10. The van der Waals surface area contributed by atoms with E-state index >= 15 is 0 Å². The molecule has 0 aliphatic heterocycles. The average molecular weight is 416 g/mol. The first-order valence-electron chi connectivity index (χ1n) is 9.18. The summed E-state index contributed by atoms with van der Waals surface area (Å²) in [5, 5.41) is 5.39. The molecule has 1 aromatic carbocycles. The Kier molecular flexibility index (Phi) is 5.33. The summed E-state index contributed by atoms with van der Waals surface area (Å²) in [5.41, 5.74) is 1.52. The zero-order valence-corrected chi connectivity index (χ0v) is 16.9. The molecular weight excluding hydrogens is 397 g/mol. The summed E-state index contributed by atoms with van der Waals surface area (Å²) >= 11 is 12.7. The molecule has 2 aromatic heterocycles. The standard InChI is InChI=1S/C20H19Cl2N5O/c1-2-17-24-19(25-27(17)18-15(21)6-3-7-16(18)22)20(28)26(14-8-9-14)12-13-5-4-10-23-11-13/h3-7,10-11,14H,2,8-9,12H2,1H3. The van der Waals surface area contributed by atoms with Crippen LogP contribution in [0, 0.1) is 0 Å².